The summed E-state index contributed by atoms with van der Waals surface area (Å²) in [7, 11) is 0. The first-order valence-electron chi connectivity index (χ1n) is 8.44. The molecule has 2 aromatic heterocycles. The molecule has 2 rings (SSSR count). The van der Waals surface area contributed by atoms with Crippen LogP contribution in [0.4, 0.5) is 5.69 Å². The maximum atomic E-state index is 5.93. The summed E-state index contributed by atoms with van der Waals surface area (Å²) < 4.78 is 1.92. The van der Waals surface area contributed by atoms with Crippen molar-refractivity contribution in [3.63, 3.8) is 0 Å². The number of aryl methyl sites for hydroxylation is 1. The summed E-state index contributed by atoms with van der Waals surface area (Å²) in [6, 6.07) is 3.88. The van der Waals surface area contributed by atoms with E-state index in [0.717, 1.165) is 35.3 Å². The van der Waals surface area contributed by atoms with Gasteiger partial charge in [-0.25, -0.2) is 4.52 Å². The summed E-state index contributed by atoms with van der Waals surface area (Å²) >= 11 is 0. The molecule has 0 unspecified atom stereocenters. The molecule has 2 N–H and O–H groups in total. The summed E-state index contributed by atoms with van der Waals surface area (Å²) in [6.45, 7) is 10.2. The SMILES string of the molecule is CC.C\C=C/C=C(\C=C/C)c1nn2ccc(N)cc2c1CCC. The van der Waals surface area contributed by atoms with Crippen LogP contribution >= 0.6 is 0 Å². The smallest absolute Gasteiger partial charge is 0.0965 e. The van der Waals surface area contributed by atoms with Crippen molar-refractivity contribution >= 4 is 16.8 Å². The first kappa shape index (κ1) is 18.8. The van der Waals surface area contributed by atoms with E-state index in [1.54, 1.807) is 0 Å². The first-order valence-corrected chi connectivity index (χ1v) is 8.44. The lowest BCUT2D eigenvalue weighted by Crippen LogP contribution is -1.91. The van der Waals surface area contributed by atoms with E-state index < -0.39 is 0 Å². The Balaban J connectivity index is 0.00000127. The van der Waals surface area contributed by atoms with Crippen LogP contribution in [-0.2, 0) is 6.42 Å². The highest BCUT2D eigenvalue weighted by Gasteiger charge is 2.14. The summed E-state index contributed by atoms with van der Waals surface area (Å²) in [5.74, 6) is 0. The zero-order valence-electron chi connectivity index (χ0n) is 15.0. The van der Waals surface area contributed by atoms with E-state index in [-0.39, 0.29) is 0 Å². The largest absolute Gasteiger partial charge is 0.399 e. The van der Waals surface area contributed by atoms with Gasteiger partial charge in [0.1, 0.15) is 0 Å². The van der Waals surface area contributed by atoms with E-state index in [9.17, 15) is 0 Å². The topological polar surface area (TPSA) is 43.3 Å². The van der Waals surface area contributed by atoms with Crippen LogP contribution in [0.2, 0.25) is 0 Å². The molecule has 2 heterocycles. The monoisotopic (exact) mass is 311 g/mol. The lowest BCUT2D eigenvalue weighted by molar-refractivity contribution is 0.924. The maximum absolute atomic E-state index is 5.93. The van der Waals surface area contributed by atoms with Gasteiger partial charge in [0.25, 0.3) is 0 Å². The lowest BCUT2D eigenvalue weighted by Gasteiger charge is -2.02. The van der Waals surface area contributed by atoms with Crippen LogP contribution in [-0.4, -0.2) is 9.61 Å². The third-order valence-electron chi connectivity index (χ3n) is 3.35. The zero-order valence-corrected chi connectivity index (χ0v) is 15.0. The minimum atomic E-state index is 0.774. The second-order valence-corrected chi connectivity index (χ2v) is 5.01. The third kappa shape index (κ3) is 4.59. The Bertz CT molecular complexity index is 703. The van der Waals surface area contributed by atoms with Gasteiger partial charge in [-0.1, -0.05) is 57.6 Å². The molecule has 124 valence electrons. The molecule has 3 nitrogen and oxygen atoms in total. The molecule has 0 radical (unpaired) electrons. The number of hydrogen-bond acceptors (Lipinski definition) is 2. The van der Waals surface area contributed by atoms with Crippen LogP contribution < -0.4 is 5.73 Å². The second kappa shape index (κ2) is 9.67. The van der Waals surface area contributed by atoms with E-state index in [1.807, 2.05) is 68.8 Å². The molecule has 0 atom stereocenters. The highest BCUT2D eigenvalue weighted by Crippen LogP contribution is 2.26. The first-order chi connectivity index (χ1) is 11.2. The minimum absolute atomic E-state index is 0.774. The Kier molecular flexibility index (Phi) is 7.89. The molecule has 0 fully saturated rings. The predicted octanol–water partition coefficient (Wildman–Crippen LogP) is 5.43. The summed E-state index contributed by atoms with van der Waals surface area (Å²) in [5, 5.41) is 4.75. The number of nitrogens with zero attached hydrogens (tertiary/aromatic N) is 2. The number of fused-ring (bicyclic) bond motifs is 1. The molecule has 0 saturated carbocycles. The van der Waals surface area contributed by atoms with Crippen LogP contribution in [0, 0.1) is 0 Å². The standard InChI is InChI=1S/C18H23N3.C2H6/c1-4-7-10-14(8-5-2)18-16(9-6-3)17-13-15(19)11-12-21(17)20-18;1-2/h4-5,7-8,10-13H,6,9,19H2,1-3H3;1-2H3/b7-4-,8-5-,14-10+;. The van der Waals surface area contributed by atoms with Crippen LogP contribution in [0.15, 0.2) is 48.7 Å². The Labute approximate surface area is 140 Å². The van der Waals surface area contributed by atoms with Crippen molar-refractivity contribution in [1.29, 1.82) is 0 Å². The van der Waals surface area contributed by atoms with Gasteiger partial charge in [0.2, 0.25) is 0 Å². The number of hydrogen-bond donors (Lipinski definition) is 1. The highest BCUT2D eigenvalue weighted by atomic mass is 15.2. The molecule has 23 heavy (non-hydrogen) atoms. The van der Waals surface area contributed by atoms with Crippen molar-refractivity contribution in [1.82, 2.24) is 9.61 Å². The number of allylic oxidation sites excluding steroid dienone is 6. The van der Waals surface area contributed by atoms with Gasteiger partial charge < -0.3 is 5.73 Å². The van der Waals surface area contributed by atoms with Crippen molar-refractivity contribution in [2.45, 2.75) is 47.5 Å². The van der Waals surface area contributed by atoms with Crippen molar-refractivity contribution in [3.05, 3.63) is 60.0 Å². The fourth-order valence-corrected chi connectivity index (χ4v) is 2.43. The van der Waals surface area contributed by atoms with Gasteiger partial charge in [0.15, 0.2) is 0 Å². The van der Waals surface area contributed by atoms with Crippen molar-refractivity contribution < 1.29 is 0 Å². The molecule has 3 heteroatoms. The molecular weight excluding hydrogens is 282 g/mol. The quantitative estimate of drug-likeness (QED) is 0.748. The van der Waals surface area contributed by atoms with Gasteiger partial charge in [0, 0.05) is 23.0 Å². The highest BCUT2D eigenvalue weighted by molar-refractivity contribution is 5.79. The molecule has 0 aliphatic carbocycles. The summed E-state index contributed by atoms with van der Waals surface area (Å²) in [5.41, 5.74) is 11.2. The van der Waals surface area contributed by atoms with E-state index in [0.29, 0.717) is 0 Å². The van der Waals surface area contributed by atoms with Crippen molar-refractivity contribution in [2.24, 2.45) is 0 Å². The minimum Gasteiger partial charge on any atom is -0.399 e. The lowest BCUT2D eigenvalue weighted by atomic mass is 10.0. The van der Waals surface area contributed by atoms with E-state index in [4.69, 9.17) is 10.8 Å². The number of nitrogens with two attached hydrogens (primary N) is 1. The molecule has 0 amide bonds. The zero-order chi connectivity index (χ0) is 17.2. The van der Waals surface area contributed by atoms with Gasteiger partial charge in [-0.05, 0) is 32.4 Å². The van der Waals surface area contributed by atoms with Crippen molar-refractivity contribution in [3.8, 4) is 0 Å². The molecule has 0 spiro atoms. The van der Waals surface area contributed by atoms with Crippen LogP contribution in [0.3, 0.4) is 0 Å². The van der Waals surface area contributed by atoms with Gasteiger partial charge in [-0.15, -0.1) is 0 Å². The fraction of sp³-hybridized carbons (Fsp3) is 0.350. The van der Waals surface area contributed by atoms with Crippen molar-refractivity contribution in [2.75, 3.05) is 5.73 Å². The average molecular weight is 311 g/mol. The third-order valence-corrected chi connectivity index (χ3v) is 3.35. The van der Waals surface area contributed by atoms with Crippen LogP contribution in [0.1, 0.15) is 52.3 Å². The van der Waals surface area contributed by atoms with E-state index in [1.165, 1.54) is 5.56 Å². The Morgan fingerprint density at radius 1 is 1.26 bits per heavy atom. The van der Waals surface area contributed by atoms with Crippen LogP contribution in [0.5, 0.6) is 0 Å². The van der Waals surface area contributed by atoms with Gasteiger partial charge >= 0.3 is 0 Å². The summed E-state index contributed by atoms with van der Waals surface area (Å²) in [6.07, 6.45) is 14.3. The fourth-order valence-electron chi connectivity index (χ4n) is 2.43. The Hall–Kier alpha value is -2.29. The van der Waals surface area contributed by atoms with E-state index in [2.05, 4.69) is 19.1 Å². The number of aromatic nitrogens is 2. The summed E-state index contributed by atoms with van der Waals surface area (Å²) in [4.78, 5) is 0. The number of rotatable bonds is 5. The van der Waals surface area contributed by atoms with Gasteiger partial charge in [0.05, 0.1) is 11.2 Å². The molecule has 2 aromatic rings. The second-order valence-electron chi connectivity index (χ2n) is 5.01. The molecule has 0 saturated heterocycles. The van der Waals surface area contributed by atoms with Crippen LogP contribution in [0.25, 0.3) is 11.1 Å². The normalized spacial score (nSPS) is 12.1. The molecular formula is C20H29N3. The number of nitrogen functional groups attached to an aromatic ring is 1. The maximum Gasteiger partial charge on any atom is 0.0965 e. The average Bonchev–Trinajstić information content (AvgIpc) is 2.92. The number of anilines is 1. The van der Waals surface area contributed by atoms with Gasteiger partial charge in [-0.3, -0.25) is 0 Å². The van der Waals surface area contributed by atoms with E-state index >= 15 is 0 Å². The predicted molar refractivity (Wildman–Crippen MR) is 103 cm³/mol. The molecule has 0 aliphatic heterocycles. The Morgan fingerprint density at radius 2 is 2.00 bits per heavy atom. The Morgan fingerprint density at radius 3 is 2.61 bits per heavy atom. The number of pyridine rings is 1. The molecule has 0 aromatic carbocycles. The van der Waals surface area contributed by atoms with Gasteiger partial charge in [-0.2, -0.15) is 5.10 Å². The molecule has 0 bridgehead atoms. The molecule has 0 aliphatic rings.